The number of carbonyl (C=O) groups is 1. The third kappa shape index (κ3) is 4.30. The van der Waals surface area contributed by atoms with Crippen LogP contribution in [0.15, 0.2) is 17.5 Å². The molecule has 0 aliphatic carbocycles. The minimum Gasteiger partial charge on any atom is -0.376 e. The lowest BCUT2D eigenvalue weighted by molar-refractivity contribution is -0.120. The molecule has 100 valence electrons. The van der Waals surface area contributed by atoms with E-state index in [4.69, 9.17) is 4.74 Å². The summed E-state index contributed by atoms with van der Waals surface area (Å²) in [5.74, 6) is 1.55. The number of hydrogen-bond donors (Lipinski definition) is 1. The molecular weight excluding hydrogens is 266 g/mol. The average Bonchev–Trinajstić information content (AvgIpc) is 3.02. The molecule has 0 aromatic carbocycles. The monoisotopic (exact) mass is 285 g/mol. The zero-order valence-electron chi connectivity index (χ0n) is 10.6. The Balaban J connectivity index is 1.62. The number of rotatable bonds is 6. The van der Waals surface area contributed by atoms with Crippen molar-refractivity contribution in [2.45, 2.75) is 37.7 Å². The van der Waals surface area contributed by atoms with Crippen molar-refractivity contribution in [1.29, 1.82) is 0 Å². The van der Waals surface area contributed by atoms with Gasteiger partial charge in [-0.15, -0.1) is 23.1 Å². The molecule has 1 aromatic heterocycles. The van der Waals surface area contributed by atoms with Crippen molar-refractivity contribution in [3.63, 3.8) is 0 Å². The fourth-order valence-electron chi connectivity index (χ4n) is 2.02. The van der Waals surface area contributed by atoms with E-state index >= 15 is 0 Å². The van der Waals surface area contributed by atoms with E-state index in [1.54, 1.807) is 23.1 Å². The van der Waals surface area contributed by atoms with Crippen molar-refractivity contribution in [3.05, 3.63) is 22.4 Å². The first-order valence-electron chi connectivity index (χ1n) is 6.27. The summed E-state index contributed by atoms with van der Waals surface area (Å²) in [6.07, 6.45) is 2.37. The molecule has 2 heterocycles. The fraction of sp³-hybridized carbons (Fsp3) is 0.615. The molecule has 1 fully saturated rings. The maximum atomic E-state index is 11.8. The molecule has 0 spiro atoms. The Morgan fingerprint density at radius 1 is 1.72 bits per heavy atom. The van der Waals surface area contributed by atoms with Crippen LogP contribution in [0.3, 0.4) is 0 Å². The van der Waals surface area contributed by atoms with Crippen LogP contribution >= 0.6 is 23.1 Å². The Kier molecular flexibility index (Phi) is 5.53. The second kappa shape index (κ2) is 7.16. The lowest BCUT2D eigenvalue weighted by Gasteiger charge is -2.19. The maximum absolute atomic E-state index is 11.8. The molecule has 2 atom stereocenters. The van der Waals surface area contributed by atoms with Gasteiger partial charge in [0, 0.05) is 17.2 Å². The van der Waals surface area contributed by atoms with Gasteiger partial charge in [-0.1, -0.05) is 6.07 Å². The Labute approximate surface area is 116 Å². The van der Waals surface area contributed by atoms with Gasteiger partial charge in [0.05, 0.1) is 17.9 Å². The van der Waals surface area contributed by atoms with Crippen molar-refractivity contribution in [3.8, 4) is 0 Å². The van der Waals surface area contributed by atoms with E-state index in [0.717, 1.165) is 25.2 Å². The molecule has 3 nitrogen and oxygen atoms in total. The molecule has 18 heavy (non-hydrogen) atoms. The highest BCUT2D eigenvalue weighted by atomic mass is 32.2. The summed E-state index contributed by atoms with van der Waals surface area (Å²) in [6, 6.07) is 4.27. The van der Waals surface area contributed by atoms with Crippen LogP contribution < -0.4 is 5.32 Å². The quantitative estimate of drug-likeness (QED) is 0.873. The van der Waals surface area contributed by atoms with Gasteiger partial charge in [-0.05, 0) is 31.2 Å². The molecule has 1 aliphatic heterocycles. The number of nitrogens with one attached hydrogen (secondary N) is 1. The molecule has 1 saturated heterocycles. The molecule has 1 N–H and O–H groups in total. The topological polar surface area (TPSA) is 38.3 Å². The minimum atomic E-state index is 0.111. The largest absolute Gasteiger partial charge is 0.376 e. The van der Waals surface area contributed by atoms with E-state index in [0.29, 0.717) is 5.75 Å². The third-order valence-electron chi connectivity index (χ3n) is 2.97. The molecule has 2 rings (SSSR count). The van der Waals surface area contributed by atoms with Crippen LogP contribution in [0.4, 0.5) is 0 Å². The average molecular weight is 285 g/mol. The summed E-state index contributed by atoms with van der Waals surface area (Å²) in [6.45, 7) is 2.86. The Morgan fingerprint density at radius 2 is 2.61 bits per heavy atom. The first kappa shape index (κ1) is 13.9. The normalized spacial score (nSPS) is 20.8. The predicted octanol–water partition coefficient (Wildman–Crippen LogP) is 2.67. The zero-order chi connectivity index (χ0) is 12.8. The molecule has 0 bridgehead atoms. The molecule has 1 aromatic rings. The van der Waals surface area contributed by atoms with Gasteiger partial charge in [0.2, 0.25) is 5.91 Å². The van der Waals surface area contributed by atoms with Crippen molar-refractivity contribution < 1.29 is 9.53 Å². The van der Waals surface area contributed by atoms with E-state index in [9.17, 15) is 4.79 Å². The van der Waals surface area contributed by atoms with Gasteiger partial charge < -0.3 is 10.1 Å². The number of thioether (sulfide) groups is 1. The summed E-state index contributed by atoms with van der Waals surface area (Å²) < 4.78 is 5.56. The summed E-state index contributed by atoms with van der Waals surface area (Å²) in [7, 11) is 0. The minimum absolute atomic E-state index is 0.111. The molecular formula is C13H19NO2S2. The Hall–Kier alpha value is -0.520. The van der Waals surface area contributed by atoms with Crippen LogP contribution in [0.25, 0.3) is 0 Å². The highest BCUT2D eigenvalue weighted by Crippen LogP contribution is 2.18. The zero-order valence-corrected chi connectivity index (χ0v) is 12.2. The van der Waals surface area contributed by atoms with Gasteiger partial charge >= 0.3 is 0 Å². The highest BCUT2D eigenvalue weighted by molar-refractivity contribution is 7.99. The number of ether oxygens (including phenoxy) is 1. The van der Waals surface area contributed by atoms with Crippen LogP contribution in [0.1, 0.15) is 24.6 Å². The molecule has 1 amide bonds. The summed E-state index contributed by atoms with van der Waals surface area (Å²) >= 11 is 3.40. The molecule has 2 unspecified atom stereocenters. The van der Waals surface area contributed by atoms with Crippen molar-refractivity contribution in [2.75, 3.05) is 12.4 Å². The summed E-state index contributed by atoms with van der Waals surface area (Å²) in [5, 5.41) is 5.09. The Bertz CT molecular complexity index is 361. The van der Waals surface area contributed by atoms with Gasteiger partial charge in [0.25, 0.3) is 0 Å². The third-order valence-corrected chi connectivity index (χ3v) is 5.01. The van der Waals surface area contributed by atoms with Crippen molar-refractivity contribution in [2.24, 2.45) is 0 Å². The standard InChI is InChI=1S/C13H19NO2S2/c1-10(12-5-2-6-16-12)14-13(15)9-17-8-11-4-3-7-18-11/h3-4,7,10,12H,2,5-6,8-9H2,1H3,(H,14,15). The Morgan fingerprint density at radius 3 is 3.28 bits per heavy atom. The van der Waals surface area contributed by atoms with Gasteiger partial charge in [0.1, 0.15) is 0 Å². The number of thiophene rings is 1. The summed E-state index contributed by atoms with van der Waals surface area (Å²) in [4.78, 5) is 13.1. The fourth-order valence-corrected chi connectivity index (χ4v) is 3.70. The number of amides is 1. The number of carbonyl (C=O) groups excluding carboxylic acids is 1. The highest BCUT2D eigenvalue weighted by Gasteiger charge is 2.23. The molecule has 1 aliphatic rings. The van der Waals surface area contributed by atoms with Crippen LogP contribution in [-0.4, -0.2) is 30.4 Å². The predicted molar refractivity (Wildman–Crippen MR) is 77.1 cm³/mol. The van der Waals surface area contributed by atoms with Crippen molar-refractivity contribution in [1.82, 2.24) is 5.32 Å². The van der Waals surface area contributed by atoms with Crippen LogP contribution in [0.2, 0.25) is 0 Å². The van der Waals surface area contributed by atoms with Gasteiger partial charge in [-0.3, -0.25) is 4.79 Å². The summed E-state index contributed by atoms with van der Waals surface area (Å²) in [5.41, 5.74) is 0. The van der Waals surface area contributed by atoms with E-state index in [2.05, 4.69) is 16.8 Å². The van der Waals surface area contributed by atoms with Crippen LogP contribution in [0.5, 0.6) is 0 Å². The van der Waals surface area contributed by atoms with Crippen molar-refractivity contribution >= 4 is 29.0 Å². The van der Waals surface area contributed by atoms with Gasteiger partial charge in [-0.2, -0.15) is 0 Å². The van der Waals surface area contributed by atoms with Gasteiger partial charge in [-0.25, -0.2) is 0 Å². The maximum Gasteiger partial charge on any atom is 0.230 e. The lowest BCUT2D eigenvalue weighted by Crippen LogP contribution is -2.41. The first-order chi connectivity index (χ1) is 8.75. The van der Waals surface area contributed by atoms with E-state index < -0.39 is 0 Å². The smallest absolute Gasteiger partial charge is 0.230 e. The van der Waals surface area contributed by atoms with E-state index in [1.165, 1.54) is 4.88 Å². The van der Waals surface area contributed by atoms with E-state index in [-0.39, 0.29) is 18.1 Å². The second-order valence-corrected chi connectivity index (χ2v) is 6.50. The second-order valence-electron chi connectivity index (χ2n) is 4.48. The first-order valence-corrected chi connectivity index (χ1v) is 8.30. The SMILES string of the molecule is CC(NC(=O)CSCc1cccs1)C1CCCO1. The van der Waals surface area contributed by atoms with Gasteiger partial charge in [0.15, 0.2) is 0 Å². The number of hydrogen-bond acceptors (Lipinski definition) is 4. The lowest BCUT2D eigenvalue weighted by atomic mass is 10.1. The molecule has 5 heteroatoms. The van der Waals surface area contributed by atoms with E-state index in [1.807, 2.05) is 13.0 Å². The van der Waals surface area contributed by atoms with Crippen LogP contribution in [-0.2, 0) is 15.3 Å². The van der Waals surface area contributed by atoms with Crippen LogP contribution in [0, 0.1) is 0 Å². The molecule has 0 saturated carbocycles. The molecule has 0 radical (unpaired) electrons.